The molecule has 118 valence electrons. The molecule has 2 aliphatic rings. The topological polar surface area (TPSA) is 49.9 Å². The highest BCUT2D eigenvalue weighted by Gasteiger charge is 2.34. The molecular formula is C17H22N2O3. The number of nitrogens with zero attached hydrogens (tertiary/aromatic N) is 2. The maximum atomic E-state index is 12.6. The van der Waals surface area contributed by atoms with Gasteiger partial charge in [0.2, 0.25) is 5.91 Å². The van der Waals surface area contributed by atoms with Crippen molar-refractivity contribution in [3.8, 4) is 5.75 Å². The predicted octanol–water partition coefficient (Wildman–Crippen LogP) is 1.78. The molecule has 1 saturated heterocycles. The van der Waals surface area contributed by atoms with Crippen LogP contribution < -0.4 is 4.74 Å². The zero-order chi connectivity index (χ0) is 15.5. The highest BCUT2D eigenvalue weighted by atomic mass is 16.5. The maximum absolute atomic E-state index is 12.6. The molecule has 2 fully saturated rings. The standard InChI is InChI=1S/C17H22N2O3/c1-22-15-7-5-14(6-8-15)17(21)19-10-2-9-18(11-12-19)16(20)13-3-4-13/h5-8,13H,2-4,9-12H2,1H3. The molecule has 5 nitrogen and oxygen atoms in total. The van der Waals surface area contributed by atoms with E-state index in [0.717, 1.165) is 31.6 Å². The van der Waals surface area contributed by atoms with Gasteiger partial charge in [0.25, 0.3) is 5.91 Å². The Labute approximate surface area is 130 Å². The predicted molar refractivity (Wildman–Crippen MR) is 82.8 cm³/mol. The molecule has 3 rings (SSSR count). The maximum Gasteiger partial charge on any atom is 0.253 e. The van der Waals surface area contributed by atoms with Crippen molar-refractivity contribution < 1.29 is 14.3 Å². The fourth-order valence-electron chi connectivity index (χ4n) is 2.85. The van der Waals surface area contributed by atoms with E-state index in [4.69, 9.17) is 4.74 Å². The Morgan fingerprint density at radius 2 is 1.64 bits per heavy atom. The van der Waals surface area contributed by atoms with Crippen LogP contribution in [0, 0.1) is 5.92 Å². The lowest BCUT2D eigenvalue weighted by molar-refractivity contribution is -0.132. The summed E-state index contributed by atoms with van der Waals surface area (Å²) < 4.78 is 5.11. The summed E-state index contributed by atoms with van der Waals surface area (Å²) in [6, 6.07) is 7.18. The number of benzene rings is 1. The van der Waals surface area contributed by atoms with E-state index in [1.54, 1.807) is 31.4 Å². The van der Waals surface area contributed by atoms with E-state index in [-0.39, 0.29) is 17.7 Å². The van der Waals surface area contributed by atoms with Crippen LogP contribution in [0.4, 0.5) is 0 Å². The lowest BCUT2D eigenvalue weighted by atomic mass is 10.2. The highest BCUT2D eigenvalue weighted by Crippen LogP contribution is 2.31. The van der Waals surface area contributed by atoms with E-state index in [2.05, 4.69) is 0 Å². The molecule has 0 unspecified atom stereocenters. The third kappa shape index (κ3) is 3.24. The van der Waals surface area contributed by atoms with Crippen LogP contribution in [0.3, 0.4) is 0 Å². The van der Waals surface area contributed by atoms with Gasteiger partial charge >= 0.3 is 0 Å². The summed E-state index contributed by atoms with van der Waals surface area (Å²) in [7, 11) is 1.61. The van der Waals surface area contributed by atoms with Gasteiger partial charge in [0, 0.05) is 37.7 Å². The summed E-state index contributed by atoms with van der Waals surface area (Å²) in [6.07, 6.45) is 2.91. The Bertz CT molecular complexity index is 552. The zero-order valence-electron chi connectivity index (χ0n) is 13.0. The largest absolute Gasteiger partial charge is 0.497 e. The minimum atomic E-state index is 0.0309. The van der Waals surface area contributed by atoms with E-state index < -0.39 is 0 Å². The van der Waals surface area contributed by atoms with Gasteiger partial charge < -0.3 is 14.5 Å². The van der Waals surface area contributed by atoms with E-state index in [9.17, 15) is 9.59 Å². The minimum Gasteiger partial charge on any atom is -0.497 e. The molecule has 1 aromatic rings. The molecule has 1 aliphatic carbocycles. The molecule has 0 aromatic heterocycles. The van der Waals surface area contributed by atoms with E-state index in [0.29, 0.717) is 25.2 Å². The van der Waals surface area contributed by atoms with Crippen LogP contribution in [-0.2, 0) is 4.79 Å². The number of hydrogen-bond acceptors (Lipinski definition) is 3. The molecule has 0 radical (unpaired) electrons. The number of methoxy groups -OCH3 is 1. The summed E-state index contributed by atoms with van der Waals surface area (Å²) in [6.45, 7) is 2.74. The van der Waals surface area contributed by atoms with E-state index in [1.807, 2.05) is 9.80 Å². The van der Waals surface area contributed by atoms with Gasteiger partial charge in [-0.1, -0.05) is 0 Å². The summed E-state index contributed by atoms with van der Waals surface area (Å²) in [5, 5.41) is 0. The molecule has 2 amide bonds. The smallest absolute Gasteiger partial charge is 0.253 e. The number of ether oxygens (including phenoxy) is 1. The van der Waals surface area contributed by atoms with E-state index >= 15 is 0 Å². The Morgan fingerprint density at radius 3 is 2.27 bits per heavy atom. The summed E-state index contributed by atoms with van der Waals surface area (Å²) in [5.74, 6) is 1.31. The number of carbonyl (C=O) groups is 2. The van der Waals surface area contributed by atoms with Crippen LogP contribution in [0.15, 0.2) is 24.3 Å². The Morgan fingerprint density at radius 1 is 1.00 bits per heavy atom. The number of carbonyl (C=O) groups excluding carboxylic acids is 2. The number of rotatable bonds is 3. The van der Waals surface area contributed by atoms with Gasteiger partial charge in [-0.3, -0.25) is 9.59 Å². The first-order valence-electron chi connectivity index (χ1n) is 7.91. The molecule has 5 heteroatoms. The molecule has 1 aliphatic heterocycles. The molecule has 0 N–H and O–H groups in total. The number of amides is 2. The van der Waals surface area contributed by atoms with Gasteiger partial charge in [0.15, 0.2) is 0 Å². The Hall–Kier alpha value is -2.04. The molecule has 0 bridgehead atoms. The Kier molecular flexibility index (Phi) is 4.32. The molecule has 1 aromatic carbocycles. The van der Waals surface area contributed by atoms with Crippen LogP contribution >= 0.6 is 0 Å². The zero-order valence-corrected chi connectivity index (χ0v) is 13.0. The average molecular weight is 302 g/mol. The molecular weight excluding hydrogens is 280 g/mol. The van der Waals surface area contributed by atoms with Crippen molar-refractivity contribution in [2.45, 2.75) is 19.3 Å². The summed E-state index contributed by atoms with van der Waals surface area (Å²) >= 11 is 0. The van der Waals surface area contributed by atoms with Crippen molar-refractivity contribution in [3.05, 3.63) is 29.8 Å². The third-order valence-corrected chi connectivity index (χ3v) is 4.36. The summed E-state index contributed by atoms with van der Waals surface area (Å²) in [5.41, 5.74) is 0.669. The molecule has 0 spiro atoms. The van der Waals surface area contributed by atoms with Gasteiger partial charge in [0.05, 0.1) is 7.11 Å². The first-order valence-corrected chi connectivity index (χ1v) is 7.91. The van der Waals surface area contributed by atoms with Crippen molar-refractivity contribution in [1.29, 1.82) is 0 Å². The lowest BCUT2D eigenvalue weighted by Crippen LogP contribution is -2.37. The quantitative estimate of drug-likeness (QED) is 0.855. The molecule has 1 saturated carbocycles. The van der Waals surface area contributed by atoms with Gasteiger partial charge in [-0.25, -0.2) is 0 Å². The minimum absolute atomic E-state index is 0.0309. The second kappa shape index (κ2) is 6.38. The van der Waals surface area contributed by atoms with Crippen LogP contribution in [0.2, 0.25) is 0 Å². The fraction of sp³-hybridized carbons (Fsp3) is 0.529. The SMILES string of the molecule is COc1ccc(C(=O)N2CCCN(C(=O)C3CC3)CC2)cc1. The van der Waals surface area contributed by atoms with Crippen molar-refractivity contribution in [1.82, 2.24) is 9.80 Å². The monoisotopic (exact) mass is 302 g/mol. The van der Waals surface area contributed by atoms with Crippen molar-refractivity contribution >= 4 is 11.8 Å². The van der Waals surface area contributed by atoms with Crippen molar-refractivity contribution in [3.63, 3.8) is 0 Å². The normalized spacial score (nSPS) is 18.8. The second-order valence-corrected chi connectivity index (χ2v) is 5.97. The first-order chi connectivity index (χ1) is 10.7. The molecule has 22 heavy (non-hydrogen) atoms. The van der Waals surface area contributed by atoms with Gasteiger partial charge in [0.1, 0.15) is 5.75 Å². The van der Waals surface area contributed by atoms with Gasteiger partial charge in [-0.2, -0.15) is 0 Å². The molecule has 1 heterocycles. The van der Waals surface area contributed by atoms with Crippen LogP contribution in [0.25, 0.3) is 0 Å². The van der Waals surface area contributed by atoms with Crippen LogP contribution in [0.1, 0.15) is 29.6 Å². The number of hydrogen-bond donors (Lipinski definition) is 0. The molecule has 0 atom stereocenters. The van der Waals surface area contributed by atoms with Gasteiger partial charge in [-0.15, -0.1) is 0 Å². The summed E-state index contributed by atoms with van der Waals surface area (Å²) in [4.78, 5) is 28.5. The van der Waals surface area contributed by atoms with Crippen LogP contribution in [-0.4, -0.2) is 54.9 Å². The second-order valence-electron chi connectivity index (χ2n) is 5.97. The third-order valence-electron chi connectivity index (χ3n) is 4.36. The average Bonchev–Trinajstić information content (AvgIpc) is 3.40. The Balaban J connectivity index is 1.61. The van der Waals surface area contributed by atoms with Crippen molar-refractivity contribution in [2.75, 3.05) is 33.3 Å². The van der Waals surface area contributed by atoms with Crippen molar-refractivity contribution in [2.24, 2.45) is 5.92 Å². The lowest BCUT2D eigenvalue weighted by Gasteiger charge is -2.22. The van der Waals surface area contributed by atoms with Gasteiger partial charge in [-0.05, 0) is 43.5 Å². The van der Waals surface area contributed by atoms with Crippen LogP contribution in [0.5, 0.6) is 5.75 Å². The highest BCUT2D eigenvalue weighted by molar-refractivity contribution is 5.94. The first kappa shape index (κ1) is 14.9. The fourth-order valence-corrected chi connectivity index (χ4v) is 2.85. The van der Waals surface area contributed by atoms with E-state index in [1.165, 1.54) is 0 Å².